The second kappa shape index (κ2) is 6.56. The van der Waals surface area contributed by atoms with E-state index in [1.165, 1.54) is 11.9 Å². The highest BCUT2D eigenvalue weighted by atomic mass is 32.2. The lowest BCUT2D eigenvalue weighted by Crippen LogP contribution is -2.65. The number of cyclic esters (lactones) is 1. The number of ether oxygens (including phenoxy) is 2. The van der Waals surface area contributed by atoms with Gasteiger partial charge in [-0.2, -0.15) is 0 Å². The molecule has 5 rings (SSSR count). The number of hydrogen-bond acceptors (Lipinski definition) is 7. The average Bonchev–Trinajstić information content (AvgIpc) is 3.02. The molecule has 3 atom stereocenters. The van der Waals surface area contributed by atoms with Crippen molar-refractivity contribution in [2.75, 3.05) is 10.8 Å². The van der Waals surface area contributed by atoms with Gasteiger partial charge in [0.2, 0.25) is 5.91 Å². The van der Waals surface area contributed by atoms with Crippen molar-refractivity contribution in [2.24, 2.45) is 0 Å². The Bertz CT molecular complexity index is 966. The van der Waals surface area contributed by atoms with Crippen molar-refractivity contribution < 1.29 is 23.9 Å². The number of nitrogens with zero attached hydrogens (tertiary/aromatic N) is 2. The van der Waals surface area contributed by atoms with Gasteiger partial charge in [0.1, 0.15) is 11.4 Å². The van der Waals surface area contributed by atoms with Crippen molar-refractivity contribution in [3.8, 4) is 0 Å². The highest BCUT2D eigenvalue weighted by Gasteiger charge is 2.51. The third-order valence-electron chi connectivity index (χ3n) is 5.06. The third kappa shape index (κ3) is 2.72. The van der Waals surface area contributed by atoms with E-state index in [0.29, 0.717) is 24.1 Å². The molecule has 2 fully saturated rings. The Labute approximate surface area is 165 Å². The Morgan fingerprint density at radius 1 is 1.07 bits per heavy atom. The minimum absolute atomic E-state index is 0.0732. The molecule has 3 aliphatic heterocycles. The Morgan fingerprint density at radius 3 is 2.61 bits per heavy atom. The van der Waals surface area contributed by atoms with Gasteiger partial charge in [-0.3, -0.25) is 4.79 Å². The van der Waals surface area contributed by atoms with Crippen molar-refractivity contribution in [1.82, 2.24) is 4.90 Å². The van der Waals surface area contributed by atoms with Gasteiger partial charge in [-0.25, -0.2) is 9.59 Å². The number of amides is 1. The summed E-state index contributed by atoms with van der Waals surface area (Å²) in [7, 11) is 0. The van der Waals surface area contributed by atoms with E-state index in [0.717, 1.165) is 5.69 Å². The normalized spacial score (nSPS) is 25.5. The molecule has 2 aromatic carbocycles. The van der Waals surface area contributed by atoms with Crippen LogP contribution in [0.5, 0.6) is 0 Å². The molecule has 142 valence electrons. The SMILES string of the molecule is O=C1OC(OC(=O)C2CN(c3ccccc3)S[C@H]3CC(=O)N23)c2ccccc21. The zero-order valence-corrected chi connectivity index (χ0v) is 15.5. The monoisotopic (exact) mass is 396 g/mol. The van der Waals surface area contributed by atoms with Gasteiger partial charge in [0.25, 0.3) is 6.29 Å². The molecular weight excluding hydrogens is 380 g/mol. The number of para-hydroxylation sites is 1. The maximum Gasteiger partial charge on any atom is 0.342 e. The van der Waals surface area contributed by atoms with Crippen LogP contribution in [0.15, 0.2) is 54.6 Å². The van der Waals surface area contributed by atoms with E-state index < -0.39 is 24.3 Å². The summed E-state index contributed by atoms with van der Waals surface area (Å²) in [5.41, 5.74) is 1.88. The summed E-state index contributed by atoms with van der Waals surface area (Å²) in [6, 6.07) is 15.8. The van der Waals surface area contributed by atoms with Crippen LogP contribution in [0.2, 0.25) is 0 Å². The molecule has 3 heterocycles. The van der Waals surface area contributed by atoms with Crippen LogP contribution in [-0.2, 0) is 19.1 Å². The molecule has 28 heavy (non-hydrogen) atoms. The Balaban J connectivity index is 1.37. The van der Waals surface area contributed by atoms with Crippen molar-refractivity contribution in [3.63, 3.8) is 0 Å². The van der Waals surface area contributed by atoms with E-state index in [1.807, 2.05) is 34.6 Å². The first-order valence-electron chi connectivity index (χ1n) is 8.93. The molecule has 0 saturated carbocycles. The van der Waals surface area contributed by atoms with E-state index in [1.54, 1.807) is 29.2 Å². The fourth-order valence-electron chi connectivity index (χ4n) is 3.63. The molecule has 2 aromatic rings. The summed E-state index contributed by atoms with van der Waals surface area (Å²) in [6.45, 7) is 0.304. The number of esters is 2. The Kier molecular flexibility index (Phi) is 4.01. The number of hydrogen-bond donors (Lipinski definition) is 0. The first kappa shape index (κ1) is 17.1. The summed E-state index contributed by atoms with van der Waals surface area (Å²) >= 11 is 1.54. The van der Waals surface area contributed by atoms with Crippen LogP contribution in [0.25, 0.3) is 0 Å². The first-order valence-corrected chi connectivity index (χ1v) is 9.76. The fourth-order valence-corrected chi connectivity index (χ4v) is 4.98. The topological polar surface area (TPSA) is 76.1 Å². The number of carbonyl (C=O) groups is 3. The third-order valence-corrected chi connectivity index (χ3v) is 6.31. The van der Waals surface area contributed by atoms with Crippen LogP contribution in [-0.4, -0.2) is 40.7 Å². The van der Waals surface area contributed by atoms with Gasteiger partial charge < -0.3 is 18.7 Å². The van der Waals surface area contributed by atoms with Crippen molar-refractivity contribution in [1.29, 1.82) is 0 Å². The van der Waals surface area contributed by atoms with Gasteiger partial charge in [-0.1, -0.05) is 36.4 Å². The average molecular weight is 396 g/mol. The van der Waals surface area contributed by atoms with Crippen LogP contribution in [0.4, 0.5) is 5.69 Å². The van der Waals surface area contributed by atoms with Gasteiger partial charge in [-0.15, -0.1) is 0 Å². The van der Waals surface area contributed by atoms with E-state index in [-0.39, 0.29) is 11.3 Å². The van der Waals surface area contributed by atoms with Crippen LogP contribution in [0, 0.1) is 0 Å². The Morgan fingerprint density at radius 2 is 1.82 bits per heavy atom. The summed E-state index contributed by atoms with van der Waals surface area (Å²) in [5.74, 6) is -1.17. The molecule has 0 aromatic heterocycles. The molecule has 0 N–H and O–H groups in total. The van der Waals surface area contributed by atoms with Crippen molar-refractivity contribution in [2.45, 2.75) is 24.1 Å². The molecule has 0 aliphatic carbocycles. The molecule has 0 spiro atoms. The van der Waals surface area contributed by atoms with Gasteiger partial charge in [0.15, 0.2) is 0 Å². The highest BCUT2D eigenvalue weighted by molar-refractivity contribution is 8.01. The van der Waals surface area contributed by atoms with Crippen LogP contribution in [0.3, 0.4) is 0 Å². The summed E-state index contributed by atoms with van der Waals surface area (Å²) in [5, 5.41) is -0.0996. The molecule has 2 unspecified atom stereocenters. The summed E-state index contributed by atoms with van der Waals surface area (Å²) in [4.78, 5) is 38.6. The summed E-state index contributed by atoms with van der Waals surface area (Å²) in [6.07, 6.45) is -0.690. The molecule has 3 aliphatic rings. The Hall–Kier alpha value is -3.00. The number of β-lactam (4-membered cyclic amide) rings is 1. The largest absolute Gasteiger partial charge is 0.419 e. The first-order chi connectivity index (χ1) is 13.6. The van der Waals surface area contributed by atoms with E-state index in [9.17, 15) is 14.4 Å². The van der Waals surface area contributed by atoms with E-state index in [4.69, 9.17) is 9.47 Å². The van der Waals surface area contributed by atoms with Crippen LogP contribution < -0.4 is 4.31 Å². The van der Waals surface area contributed by atoms with Gasteiger partial charge in [0, 0.05) is 11.3 Å². The van der Waals surface area contributed by atoms with E-state index >= 15 is 0 Å². The molecular formula is C20H16N2O5S. The zero-order valence-electron chi connectivity index (χ0n) is 14.7. The number of rotatable bonds is 3. The standard InChI is InChI=1S/C20H16N2O5S/c23-16-10-17-22(16)15(11-21(28-17)12-6-2-1-3-7-12)19(25)27-20-14-9-5-4-8-13(14)18(24)26-20/h1-9,15,17,20H,10-11H2/t15?,17-,20?/m0/s1. The lowest BCUT2D eigenvalue weighted by molar-refractivity contribution is -0.179. The highest BCUT2D eigenvalue weighted by Crippen LogP contribution is 2.42. The minimum atomic E-state index is -1.08. The molecule has 0 bridgehead atoms. The molecule has 0 radical (unpaired) electrons. The molecule has 2 saturated heterocycles. The number of benzene rings is 2. The van der Waals surface area contributed by atoms with E-state index in [2.05, 4.69) is 0 Å². The van der Waals surface area contributed by atoms with Gasteiger partial charge in [-0.05, 0) is 30.1 Å². The molecule has 8 heteroatoms. The van der Waals surface area contributed by atoms with Crippen LogP contribution >= 0.6 is 11.9 Å². The molecule has 1 amide bonds. The fraction of sp³-hybridized carbons (Fsp3) is 0.250. The second-order valence-electron chi connectivity index (χ2n) is 6.74. The zero-order chi connectivity index (χ0) is 19.3. The summed E-state index contributed by atoms with van der Waals surface area (Å²) < 4.78 is 12.7. The van der Waals surface area contributed by atoms with Crippen molar-refractivity contribution in [3.05, 3.63) is 65.7 Å². The second-order valence-corrected chi connectivity index (χ2v) is 7.93. The lowest BCUT2D eigenvalue weighted by Gasteiger charge is -2.50. The minimum Gasteiger partial charge on any atom is -0.419 e. The molecule has 7 nitrogen and oxygen atoms in total. The number of fused-ring (bicyclic) bond motifs is 2. The predicted octanol–water partition coefficient (Wildman–Crippen LogP) is 2.49. The smallest absolute Gasteiger partial charge is 0.342 e. The van der Waals surface area contributed by atoms with Crippen molar-refractivity contribution >= 4 is 35.5 Å². The van der Waals surface area contributed by atoms with Gasteiger partial charge in [0.05, 0.1) is 18.5 Å². The maximum atomic E-state index is 12.9. The van der Waals surface area contributed by atoms with Crippen LogP contribution in [0.1, 0.15) is 28.6 Å². The van der Waals surface area contributed by atoms with Gasteiger partial charge >= 0.3 is 11.9 Å². The quantitative estimate of drug-likeness (QED) is 0.448. The predicted molar refractivity (Wildman–Crippen MR) is 101 cm³/mol. The lowest BCUT2D eigenvalue weighted by atomic mass is 10.1. The maximum absolute atomic E-state index is 12.9. The number of anilines is 1. The number of carbonyl (C=O) groups excluding carboxylic acids is 3.